The van der Waals surface area contributed by atoms with Crippen molar-refractivity contribution in [1.82, 2.24) is 19.5 Å². The Morgan fingerprint density at radius 3 is 3.00 bits per heavy atom. The van der Waals surface area contributed by atoms with Crippen molar-refractivity contribution in [3.63, 3.8) is 0 Å². The maximum Gasteiger partial charge on any atom is 0.189 e. The summed E-state index contributed by atoms with van der Waals surface area (Å²) in [6.07, 6.45) is 3.93. The van der Waals surface area contributed by atoms with Crippen LogP contribution in [0, 0.1) is 0 Å². The quantitative estimate of drug-likeness (QED) is 0.786. The Hall–Kier alpha value is -1.53. The van der Waals surface area contributed by atoms with Gasteiger partial charge in [-0.25, -0.2) is 19.3 Å². The number of imidazole rings is 1. The van der Waals surface area contributed by atoms with Crippen LogP contribution in [0.4, 0.5) is 4.39 Å². The fraction of sp³-hybridized carbons (Fsp3) is 0.364. The normalized spacial score (nSPS) is 23.6. The molecule has 1 aliphatic rings. The molecule has 18 heavy (non-hydrogen) atoms. The SMILES string of the molecule is CC[C@H]1C=C(F)[C@@H](n2cnc3c(Cl)ncnc32)O1. The van der Waals surface area contributed by atoms with Gasteiger partial charge in [-0.2, -0.15) is 0 Å². The molecule has 0 saturated heterocycles. The molecule has 0 spiro atoms. The van der Waals surface area contributed by atoms with Crippen LogP contribution in [0.15, 0.2) is 24.6 Å². The molecule has 0 N–H and O–H groups in total. The third-order valence-corrected chi connectivity index (χ3v) is 3.13. The Morgan fingerprint density at radius 2 is 2.28 bits per heavy atom. The standard InChI is InChI=1S/C11H10ClFN4O/c1-2-6-3-7(13)11(18-6)17-5-16-8-9(12)14-4-15-10(8)17/h3-6,11H,2H2,1H3/t6-,11-/m0/s1. The molecule has 0 fully saturated rings. The average molecular weight is 269 g/mol. The number of ether oxygens (including phenoxy) is 1. The predicted octanol–water partition coefficient (Wildman–Crippen LogP) is 2.64. The molecule has 3 rings (SSSR count). The van der Waals surface area contributed by atoms with E-state index < -0.39 is 6.23 Å². The lowest BCUT2D eigenvalue weighted by molar-refractivity contribution is 0.00484. The van der Waals surface area contributed by atoms with Gasteiger partial charge in [0.25, 0.3) is 0 Å². The van der Waals surface area contributed by atoms with Gasteiger partial charge in [-0.05, 0) is 12.5 Å². The van der Waals surface area contributed by atoms with E-state index in [-0.39, 0.29) is 17.1 Å². The zero-order chi connectivity index (χ0) is 12.7. The van der Waals surface area contributed by atoms with Crippen LogP contribution in [0.5, 0.6) is 0 Å². The smallest absolute Gasteiger partial charge is 0.189 e. The Bertz CT molecular complexity index is 627. The van der Waals surface area contributed by atoms with Gasteiger partial charge in [0.15, 0.2) is 17.0 Å². The number of nitrogens with zero attached hydrogens (tertiary/aromatic N) is 4. The van der Waals surface area contributed by atoms with Gasteiger partial charge in [-0.15, -0.1) is 0 Å². The summed E-state index contributed by atoms with van der Waals surface area (Å²) in [6, 6.07) is 0. The summed E-state index contributed by atoms with van der Waals surface area (Å²) in [5, 5.41) is 0.244. The molecule has 94 valence electrons. The van der Waals surface area contributed by atoms with Gasteiger partial charge in [0.1, 0.15) is 17.7 Å². The first-order valence-electron chi connectivity index (χ1n) is 5.56. The van der Waals surface area contributed by atoms with Crippen LogP contribution in [-0.4, -0.2) is 25.6 Å². The summed E-state index contributed by atoms with van der Waals surface area (Å²) in [6.45, 7) is 1.93. The highest BCUT2D eigenvalue weighted by molar-refractivity contribution is 6.33. The second kappa shape index (κ2) is 4.29. The van der Waals surface area contributed by atoms with Crippen LogP contribution in [0.25, 0.3) is 11.2 Å². The zero-order valence-electron chi connectivity index (χ0n) is 9.55. The molecule has 2 aromatic rings. The van der Waals surface area contributed by atoms with E-state index >= 15 is 0 Å². The Labute approximate surface area is 107 Å². The van der Waals surface area contributed by atoms with E-state index in [0.717, 1.165) is 0 Å². The molecule has 0 aromatic carbocycles. The topological polar surface area (TPSA) is 52.8 Å². The lowest BCUT2D eigenvalue weighted by Crippen LogP contribution is -2.12. The van der Waals surface area contributed by atoms with Gasteiger partial charge in [0, 0.05) is 0 Å². The van der Waals surface area contributed by atoms with Crippen molar-refractivity contribution in [2.75, 3.05) is 0 Å². The molecule has 2 aromatic heterocycles. The second-order valence-electron chi connectivity index (χ2n) is 3.98. The Balaban J connectivity index is 2.06. The van der Waals surface area contributed by atoms with E-state index in [1.54, 1.807) is 0 Å². The number of aromatic nitrogens is 4. The van der Waals surface area contributed by atoms with Crippen molar-refractivity contribution in [3.8, 4) is 0 Å². The first-order valence-corrected chi connectivity index (χ1v) is 5.94. The Kier molecular flexibility index (Phi) is 2.76. The van der Waals surface area contributed by atoms with Crippen LogP contribution < -0.4 is 0 Å². The lowest BCUT2D eigenvalue weighted by atomic mass is 10.3. The lowest BCUT2D eigenvalue weighted by Gasteiger charge is -2.14. The largest absolute Gasteiger partial charge is 0.344 e. The van der Waals surface area contributed by atoms with Crippen LogP contribution in [0.3, 0.4) is 0 Å². The van der Waals surface area contributed by atoms with E-state index in [1.165, 1.54) is 23.3 Å². The van der Waals surface area contributed by atoms with E-state index in [4.69, 9.17) is 16.3 Å². The molecule has 7 heteroatoms. The summed E-state index contributed by atoms with van der Waals surface area (Å²) in [7, 11) is 0. The zero-order valence-corrected chi connectivity index (χ0v) is 10.3. The molecular weight excluding hydrogens is 259 g/mol. The van der Waals surface area contributed by atoms with Crippen molar-refractivity contribution in [2.24, 2.45) is 0 Å². The molecule has 0 amide bonds. The van der Waals surface area contributed by atoms with E-state index in [1.807, 2.05) is 6.92 Å². The molecule has 5 nitrogen and oxygen atoms in total. The number of fused-ring (bicyclic) bond motifs is 1. The van der Waals surface area contributed by atoms with Crippen LogP contribution in [0.2, 0.25) is 5.15 Å². The Morgan fingerprint density at radius 1 is 1.44 bits per heavy atom. The predicted molar refractivity (Wildman–Crippen MR) is 63.7 cm³/mol. The average Bonchev–Trinajstić information content (AvgIpc) is 2.93. The second-order valence-corrected chi connectivity index (χ2v) is 4.33. The van der Waals surface area contributed by atoms with E-state index in [9.17, 15) is 4.39 Å². The van der Waals surface area contributed by atoms with Gasteiger partial charge < -0.3 is 4.74 Å². The minimum Gasteiger partial charge on any atom is -0.344 e. The van der Waals surface area contributed by atoms with Crippen molar-refractivity contribution in [2.45, 2.75) is 25.7 Å². The highest BCUT2D eigenvalue weighted by Gasteiger charge is 2.29. The number of rotatable bonds is 2. The fourth-order valence-electron chi connectivity index (χ4n) is 1.94. The molecule has 0 unspecified atom stereocenters. The van der Waals surface area contributed by atoms with Gasteiger partial charge >= 0.3 is 0 Å². The molecule has 3 heterocycles. The molecule has 0 aliphatic carbocycles. The summed E-state index contributed by atoms with van der Waals surface area (Å²) in [5.74, 6) is -0.337. The van der Waals surface area contributed by atoms with Gasteiger partial charge in [-0.1, -0.05) is 18.5 Å². The minimum absolute atomic E-state index is 0.218. The first-order chi connectivity index (χ1) is 8.70. The number of halogens is 2. The number of hydrogen-bond acceptors (Lipinski definition) is 4. The summed E-state index contributed by atoms with van der Waals surface area (Å²) in [5.41, 5.74) is 0.899. The van der Waals surface area contributed by atoms with Crippen molar-refractivity contribution in [3.05, 3.63) is 29.7 Å². The maximum absolute atomic E-state index is 13.8. The molecule has 2 atom stereocenters. The molecule has 0 bridgehead atoms. The summed E-state index contributed by atoms with van der Waals surface area (Å²) in [4.78, 5) is 12.0. The fourth-order valence-corrected chi connectivity index (χ4v) is 2.11. The molecular formula is C11H10ClFN4O. The highest BCUT2D eigenvalue weighted by atomic mass is 35.5. The summed E-state index contributed by atoms with van der Waals surface area (Å²) < 4.78 is 20.9. The van der Waals surface area contributed by atoms with Gasteiger partial charge in [0.05, 0.1) is 12.4 Å². The van der Waals surface area contributed by atoms with Crippen LogP contribution >= 0.6 is 11.6 Å². The summed E-state index contributed by atoms with van der Waals surface area (Å²) >= 11 is 5.89. The number of hydrogen-bond donors (Lipinski definition) is 0. The highest BCUT2D eigenvalue weighted by Crippen LogP contribution is 2.33. The third-order valence-electron chi connectivity index (χ3n) is 2.85. The first kappa shape index (κ1) is 11.6. The van der Waals surface area contributed by atoms with Gasteiger partial charge in [0.2, 0.25) is 0 Å². The third kappa shape index (κ3) is 1.69. The van der Waals surface area contributed by atoms with Crippen molar-refractivity contribution in [1.29, 1.82) is 0 Å². The maximum atomic E-state index is 13.8. The monoisotopic (exact) mass is 268 g/mol. The van der Waals surface area contributed by atoms with E-state index in [2.05, 4.69) is 15.0 Å². The van der Waals surface area contributed by atoms with Crippen molar-refractivity contribution < 1.29 is 9.13 Å². The molecule has 1 aliphatic heterocycles. The van der Waals surface area contributed by atoms with E-state index in [0.29, 0.717) is 17.6 Å². The van der Waals surface area contributed by atoms with Gasteiger partial charge in [-0.3, -0.25) is 4.57 Å². The van der Waals surface area contributed by atoms with Crippen molar-refractivity contribution >= 4 is 22.8 Å². The van der Waals surface area contributed by atoms with Crippen LogP contribution in [-0.2, 0) is 4.74 Å². The van der Waals surface area contributed by atoms with Crippen LogP contribution in [0.1, 0.15) is 19.6 Å². The minimum atomic E-state index is -0.814. The molecule has 0 radical (unpaired) electrons. The molecule has 0 saturated carbocycles.